The molecule has 1 aliphatic heterocycles. The molecule has 1 atom stereocenters. The monoisotopic (exact) mass is 460 g/mol. The average molecular weight is 461 g/mol. The topological polar surface area (TPSA) is 76.9 Å². The minimum atomic E-state index is -0.203. The van der Waals surface area contributed by atoms with Gasteiger partial charge in [-0.05, 0) is 36.1 Å². The summed E-state index contributed by atoms with van der Waals surface area (Å²) >= 11 is 4.49. The van der Waals surface area contributed by atoms with E-state index in [4.69, 9.17) is 14.6 Å². The first-order valence-electron chi connectivity index (χ1n) is 9.17. The normalized spacial score (nSPS) is 15.9. The van der Waals surface area contributed by atoms with E-state index in [1.807, 2.05) is 42.6 Å². The molecule has 4 rings (SSSR count). The third-order valence-electron chi connectivity index (χ3n) is 4.59. The Morgan fingerprint density at radius 2 is 2.07 bits per heavy atom. The number of hydrogen-bond donors (Lipinski definition) is 0. The van der Waals surface area contributed by atoms with Gasteiger partial charge in [0.1, 0.15) is 5.01 Å². The average Bonchev–Trinajstić information content (AvgIpc) is 3.51. The largest absolute Gasteiger partial charge is 0.493 e. The highest BCUT2D eigenvalue weighted by atomic mass is 32.2. The number of benzene rings is 1. The minimum Gasteiger partial charge on any atom is -0.493 e. The fourth-order valence-electron chi connectivity index (χ4n) is 3.18. The van der Waals surface area contributed by atoms with Crippen molar-refractivity contribution in [2.75, 3.05) is 20.0 Å². The molecule has 2 aromatic heterocycles. The second-order valence-electron chi connectivity index (χ2n) is 6.47. The van der Waals surface area contributed by atoms with Gasteiger partial charge in [0.25, 0.3) is 5.91 Å². The van der Waals surface area contributed by atoms with Gasteiger partial charge < -0.3 is 9.47 Å². The summed E-state index contributed by atoms with van der Waals surface area (Å²) in [6, 6.07) is 9.55. The first-order valence-corrected chi connectivity index (χ1v) is 11.9. The van der Waals surface area contributed by atoms with Gasteiger partial charge in [-0.1, -0.05) is 35.2 Å². The molecule has 7 nitrogen and oxygen atoms in total. The number of aromatic nitrogens is 2. The number of nitrogens with zero attached hydrogens (tertiary/aromatic N) is 4. The number of hydrogen-bond acceptors (Lipinski definition) is 9. The highest BCUT2D eigenvalue weighted by Gasteiger charge is 2.34. The molecule has 10 heteroatoms. The van der Waals surface area contributed by atoms with Crippen LogP contribution in [0.25, 0.3) is 0 Å². The van der Waals surface area contributed by atoms with Crippen molar-refractivity contribution in [3.05, 3.63) is 51.2 Å². The van der Waals surface area contributed by atoms with E-state index in [1.54, 1.807) is 30.6 Å². The van der Waals surface area contributed by atoms with Crippen LogP contribution >= 0.6 is 34.4 Å². The van der Waals surface area contributed by atoms with Crippen molar-refractivity contribution in [3.63, 3.8) is 0 Å². The summed E-state index contributed by atoms with van der Waals surface area (Å²) in [5.41, 5.74) is 1.86. The van der Waals surface area contributed by atoms with Crippen molar-refractivity contribution in [1.82, 2.24) is 15.2 Å². The quantitative estimate of drug-likeness (QED) is 0.487. The van der Waals surface area contributed by atoms with Crippen molar-refractivity contribution in [2.24, 2.45) is 5.10 Å². The Labute approximate surface area is 186 Å². The molecule has 0 aliphatic carbocycles. The van der Waals surface area contributed by atoms with E-state index in [-0.39, 0.29) is 17.7 Å². The molecule has 0 spiro atoms. The molecule has 0 saturated heterocycles. The summed E-state index contributed by atoms with van der Waals surface area (Å²) < 4.78 is 11.6. The molecule has 1 aliphatic rings. The minimum absolute atomic E-state index is 0.0702. The lowest BCUT2D eigenvalue weighted by molar-refractivity contribution is -0.130. The molecule has 0 N–H and O–H groups in total. The number of amides is 1. The molecular formula is C20H20N4O3S3. The van der Waals surface area contributed by atoms with Gasteiger partial charge >= 0.3 is 0 Å². The Morgan fingerprint density at radius 1 is 1.23 bits per heavy atom. The van der Waals surface area contributed by atoms with Gasteiger partial charge in [-0.25, -0.2) is 5.01 Å². The predicted octanol–water partition coefficient (Wildman–Crippen LogP) is 4.40. The van der Waals surface area contributed by atoms with Crippen LogP contribution in [-0.2, 0) is 4.79 Å². The molecule has 0 fully saturated rings. The lowest BCUT2D eigenvalue weighted by atomic mass is 10.0. The number of thiophene rings is 1. The maximum atomic E-state index is 13.1. The Balaban J connectivity index is 1.60. The standard InChI is InChI=1S/C20H20N4O3S3/c1-12-21-22-20(30-12)29-11-19(25)24-15(10-14(23-24)18-5-4-8-28-18)13-6-7-16(26-2)17(9-13)27-3/h4-9,15H,10-11H2,1-3H3/t15-/m0/s1. The number of carbonyl (C=O) groups excluding carboxylic acids is 1. The molecule has 0 bridgehead atoms. The van der Waals surface area contributed by atoms with Gasteiger partial charge in [-0.2, -0.15) is 5.10 Å². The highest BCUT2D eigenvalue weighted by Crippen LogP contribution is 2.38. The maximum Gasteiger partial charge on any atom is 0.253 e. The summed E-state index contributed by atoms with van der Waals surface area (Å²) in [7, 11) is 3.21. The van der Waals surface area contributed by atoms with E-state index in [9.17, 15) is 4.79 Å². The molecule has 1 aromatic carbocycles. The van der Waals surface area contributed by atoms with Gasteiger partial charge in [0.15, 0.2) is 15.8 Å². The SMILES string of the molecule is COc1ccc([C@@H]2CC(c3cccs3)=NN2C(=O)CSc2nnc(C)s2)cc1OC. The third-order valence-corrected chi connectivity index (χ3v) is 7.47. The van der Waals surface area contributed by atoms with Crippen LogP contribution in [0.15, 0.2) is 45.2 Å². The van der Waals surface area contributed by atoms with Crippen LogP contribution in [0.5, 0.6) is 11.5 Å². The number of thioether (sulfide) groups is 1. The Kier molecular flexibility index (Phi) is 6.35. The van der Waals surface area contributed by atoms with Gasteiger partial charge in [-0.3, -0.25) is 4.79 Å². The van der Waals surface area contributed by atoms with E-state index in [0.29, 0.717) is 17.9 Å². The zero-order valence-electron chi connectivity index (χ0n) is 16.7. The van der Waals surface area contributed by atoms with E-state index in [0.717, 1.165) is 25.5 Å². The fourth-order valence-corrected chi connectivity index (χ4v) is 5.57. The maximum absolute atomic E-state index is 13.1. The number of carbonyl (C=O) groups is 1. The van der Waals surface area contributed by atoms with Crippen LogP contribution in [0.2, 0.25) is 0 Å². The predicted molar refractivity (Wildman–Crippen MR) is 120 cm³/mol. The van der Waals surface area contributed by atoms with Crippen LogP contribution < -0.4 is 9.47 Å². The van der Waals surface area contributed by atoms with Crippen molar-refractivity contribution in [2.45, 2.75) is 23.7 Å². The van der Waals surface area contributed by atoms with Crippen molar-refractivity contribution in [1.29, 1.82) is 0 Å². The Morgan fingerprint density at radius 3 is 2.73 bits per heavy atom. The summed E-state index contributed by atoms with van der Waals surface area (Å²) in [6.45, 7) is 1.90. The molecule has 1 amide bonds. The summed E-state index contributed by atoms with van der Waals surface area (Å²) in [5, 5.41) is 17.3. The van der Waals surface area contributed by atoms with E-state index < -0.39 is 0 Å². The number of ether oxygens (including phenoxy) is 2. The van der Waals surface area contributed by atoms with Crippen LogP contribution in [0.1, 0.15) is 27.9 Å². The zero-order valence-corrected chi connectivity index (χ0v) is 19.1. The van der Waals surface area contributed by atoms with Gasteiger partial charge in [0.2, 0.25) is 0 Å². The number of hydrazone groups is 1. The molecule has 30 heavy (non-hydrogen) atoms. The summed E-state index contributed by atoms with van der Waals surface area (Å²) in [6.07, 6.45) is 0.643. The van der Waals surface area contributed by atoms with Crippen molar-refractivity contribution >= 4 is 46.1 Å². The van der Waals surface area contributed by atoms with Crippen molar-refractivity contribution in [3.8, 4) is 11.5 Å². The van der Waals surface area contributed by atoms with Gasteiger partial charge in [0, 0.05) is 6.42 Å². The van der Waals surface area contributed by atoms with Crippen LogP contribution in [0.4, 0.5) is 0 Å². The second-order valence-corrected chi connectivity index (χ2v) is 9.82. The molecule has 156 valence electrons. The fraction of sp³-hybridized carbons (Fsp3) is 0.300. The first-order chi connectivity index (χ1) is 14.6. The van der Waals surface area contributed by atoms with E-state index >= 15 is 0 Å². The smallest absolute Gasteiger partial charge is 0.253 e. The lowest BCUT2D eigenvalue weighted by Gasteiger charge is -2.22. The van der Waals surface area contributed by atoms with Gasteiger partial charge in [-0.15, -0.1) is 21.5 Å². The molecule has 0 radical (unpaired) electrons. The first kappa shape index (κ1) is 20.8. The number of methoxy groups -OCH3 is 2. The zero-order chi connectivity index (χ0) is 21.1. The Bertz CT molecular complexity index is 1070. The highest BCUT2D eigenvalue weighted by molar-refractivity contribution is 8.01. The van der Waals surface area contributed by atoms with Crippen LogP contribution in [0, 0.1) is 6.92 Å². The summed E-state index contributed by atoms with van der Waals surface area (Å²) in [5.74, 6) is 1.46. The van der Waals surface area contributed by atoms with Crippen LogP contribution in [-0.4, -0.2) is 46.8 Å². The number of rotatable bonds is 7. The van der Waals surface area contributed by atoms with E-state index in [1.165, 1.54) is 23.1 Å². The van der Waals surface area contributed by atoms with E-state index in [2.05, 4.69) is 10.2 Å². The Hall–Kier alpha value is -2.43. The van der Waals surface area contributed by atoms with Crippen molar-refractivity contribution < 1.29 is 14.3 Å². The molecule has 3 aromatic rings. The van der Waals surface area contributed by atoms with Gasteiger partial charge in [0.05, 0.1) is 36.6 Å². The second kappa shape index (κ2) is 9.15. The summed E-state index contributed by atoms with van der Waals surface area (Å²) in [4.78, 5) is 14.2. The molecule has 3 heterocycles. The van der Waals surface area contributed by atoms with Crippen LogP contribution in [0.3, 0.4) is 0 Å². The third kappa shape index (κ3) is 4.35. The number of aryl methyl sites for hydroxylation is 1. The molecule has 0 saturated carbocycles. The molecule has 0 unspecified atom stereocenters. The lowest BCUT2D eigenvalue weighted by Crippen LogP contribution is -2.28. The molecular weight excluding hydrogens is 440 g/mol.